The molecule has 7 nitrogen and oxygen atoms in total. The number of aliphatic hydroxyl groups is 1. The van der Waals surface area contributed by atoms with E-state index in [1.807, 2.05) is 0 Å². The number of ether oxygens (including phenoxy) is 2. The molecule has 2 aromatic rings. The van der Waals surface area contributed by atoms with E-state index >= 15 is 0 Å². The van der Waals surface area contributed by atoms with Gasteiger partial charge in [-0.3, -0.25) is 4.79 Å². The largest absolute Gasteiger partial charge is 0.467 e. The Morgan fingerprint density at radius 2 is 2.03 bits per heavy atom. The highest BCUT2D eigenvalue weighted by atomic mass is 19.4. The predicted octanol–water partition coefficient (Wildman–Crippen LogP) is 3.67. The molecule has 162 valence electrons. The van der Waals surface area contributed by atoms with Crippen molar-refractivity contribution in [1.82, 2.24) is 10.2 Å². The van der Waals surface area contributed by atoms with Crippen LogP contribution in [0.2, 0.25) is 0 Å². The van der Waals surface area contributed by atoms with Crippen molar-refractivity contribution in [2.45, 2.75) is 44.5 Å². The molecule has 0 saturated heterocycles. The van der Waals surface area contributed by atoms with E-state index in [1.54, 1.807) is 13.8 Å². The van der Waals surface area contributed by atoms with Gasteiger partial charge in [0, 0.05) is 23.8 Å². The third kappa shape index (κ3) is 5.06. The van der Waals surface area contributed by atoms with E-state index in [0.29, 0.717) is 25.7 Å². The quantitative estimate of drug-likeness (QED) is 0.379. The van der Waals surface area contributed by atoms with Crippen LogP contribution in [-0.4, -0.2) is 46.6 Å². The topological polar surface area (TPSA) is 93.6 Å². The van der Waals surface area contributed by atoms with Gasteiger partial charge in [0.2, 0.25) is 0 Å². The fourth-order valence-corrected chi connectivity index (χ4v) is 3.31. The molecule has 2 N–H and O–H groups in total. The molecule has 1 aliphatic rings. The van der Waals surface area contributed by atoms with Gasteiger partial charge in [0.15, 0.2) is 6.79 Å². The Morgan fingerprint density at radius 3 is 2.63 bits per heavy atom. The molecule has 1 aromatic carbocycles. The highest BCUT2D eigenvalue weighted by Crippen LogP contribution is 2.41. The SMILES string of the molecule is CCOCOc1cc(C=O)ccc1-c1nnc(NC2CC(C)(O)C2)cc1C(F)(F)F. The first-order valence-electron chi connectivity index (χ1n) is 9.37. The molecule has 0 atom stereocenters. The van der Waals surface area contributed by atoms with Gasteiger partial charge >= 0.3 is 6.18 Å². The smallest absolute Gasteiger partial charge is 0.418 e. The minimum absolute atomic E-state index is 0.0311. The molecule has 1 aliphatic carbocycles. The summed E-state index contributed by atoms with van der Waals surface area (Å²) in [5, 5.41) is 20.3. The van der Waals surface area contributed by atoms with Gasteiger partial charge in [0.25, 0.3) is 0 Å². The van der Waals surface area contributed by atoms with Gasteiger partial charge in [0.1, 0.15) is 23.5 Å². The van der Waals surface area contributed by atoms with Crippen LogP contribution in [0.1, 0.15) is 42.6 Å². The summed E-state index contributed by atoms with van der Waals surface area (Å²) >= 11 is 0. The summed E-state index contributed by atoms with van der Waals surface area (Å²) in [6.45, 7) is 3.56. The normalized spacial score (nSPS) is 21.1. The fourth-order valence-electron chi connectivity index (χ4n) is 3.31. The van der Waals surface area contributed by atoms with Gasteiger partial charge in [-0.2, -0.15) is 13.2 Å². The summed E-state index contributed by atoms with van der Waals surface area (Å²) < 4.78 is 51.9. The number of hydrogen-bond acceptors (Lipinski definition) is 7. The van der Waals surface area contributed by atoms with Gasteiger partial charge in [-0.1, -0.05) is 6.07 Å². The maximum absolute atomic E-state index is 13.8. The van der Waals surface area contributed by atoms with Gasteiger partial charge < -0.3 is 19.9 Å². The number of aldehydes is 1. The number of aromatic nitrogens is 2. The van der Waals surface area contributed by atoms with Gasteiger partial charge in [-0.25, -0.2) is 0 Å². The molecule has 0 aliphatic heterocycles. The number of anilines is 1. The molecule has 0 spiro atoms. The van der Waals surface area contributed by atoms with Crippen LogP contribution >= 0.6 is 0 Å². The van der Waals surface area contributed by atoms with E-state index < -0.39 is 23.0 Å². The maximum atomic E-state index is 13.8. The molecule has 10 heteroatoms. The van der Waals surface area contributed by atoms with Crippen LogP contribution in [0.3, 0.4) is 0 Å². The van der Waals surface area contributed by atoms with Crippen molar-refractivity contribution in [2.75, 3.05) is 18.7 Å². The second-order valence-corrected chi connectivity index (χ2v) is 7.36. The molecule has 0 unspecified atom stereocenters. The summed E-state index contributed by atoms with van der Waals surface area (Å²) in [6.07, 6.45) is -3.33. The minimum atomic E-state index is -4.70. The highest BCUT2D eigenvalue weighted by Gasteiger charge is 2.40. The van der Waals surface area contributed by atoms with Crippen LogP contribution in [-0.2, 0) is 10.9 Å². The molecule has 30 heavy (non-hydrogen) atoms. The average molecular weight is 425 g/mol. The number of alkyl halides is 3. The van der Waals surface area contributed by atoms with Gasteiger partial charge in [-0.15, -0.1) is 10.2 Å². The Hall–Kier alpha value is -2.72. The highest BCUT2D eigenvalue weighted by molar-refractivity contribution is 5.80. The zero-order chi connectivity index (χ0) is 21.9. The molecule has 0 radical (unpaired) electrons. The number of nitrogens with one attached hydrogen (secondary N) is 1. The number of rotatable bonds is 8. The Morgan fingerprint density at radius 1 is 1.30 bits per heavy atom. The van der Waals surface area contributed by atoms with E-state index in [-0.39, 0.29) is 35.5 Å². The lowest BCUT2D eigenvalue weighted by Gasteiger charge is -2.41. The molecular weight excluding hydrogens is 403 g/mol. The van der Waals surface area contributed by atoms with Gasteiger partial charge in [-0.05, 0) is 44.9 Å². The lowest BCUT2D eigenvalue weighted by molar-refractivity contribution is -0.137. The van der Waals surface area contributed by atoms with Crippen molar-refractivity contribution in [1.29, 1.82) is 0 Å². The Balaban J connectivity index is 1.97. The summed E-state index contributed by atoms with van der Waals surface area (Å²) in [5.74, 6) is -0.00327. The molecule has 1 saturated carbocycles. The second-order valence-electron chi connectivity index (χ2n) is 7.36. The Bertz CT molecular complexity index is 911. The lowest BCUT2D eigenvalue weighted by atomic mass is 9.77. The number of halogens is 3. The monoisotopic (exact) mass is 425 g/mol. The third-order valence-corrected chi connectivity index (χ3v) is 4.72. The summed E-state index contributed by atoms with van der Waals surface area (Å²) in [5.41, 5.74) is -1.96. The predicted molar refractivity (Wildman–Crippen MR) is 102 cm³/mol. The number of nitrogens with zero attached hydrogens (tertiary/aromatic N) is 2. The van der Waals surface area contributed by atoms with Crippen LogP contribution in [0, 0.1) is 0 Å². The standard InChI is InChI=1S/C20H22F3N3O4/c1-3-29-11-30-16-6-12(10-27)4-5-14(16)18-15(20(21,22)23)7-17(25-26-18)24-13-8-19(2,28)9-13/h4-7,10,13,28H,3,8-9,11H2,1-2H3,(H,24,25). The molecule has 0 bridgehead atoms. The van der Waals surface area contributed by atoms with Crippen molar-refractivity contribution < 1.29 is 32.5 Å². The first-order valence-corrected chi connectivity index (χ1v) is 9.37. The van der Waals surface area contributed by atoms with Crippen molar-refractivity contribution in [3.8, 4) is 17.0 Å². The first-order chi connectivity index (χ1) is 14.1. The second kappa shape index (κ2) is 8.57. The van der Waals surface area contributed by atoms with E-state index in [2.05, 4.69) is 15.5 Å². The first kappa shape index (κ1) is 22.0. The summed E-state index contributed by atoms with van der Waals surface area (Å²) in [7, 11) is 0. The van der Waals surface area contributed by atoms with Gasteiger partial charge in [0.05, 0.1) is 11.2 Å². The van der Waals surface area contributed by atoms with Crippen LogP contribution < -0.4 is 10.1 Å². The van der Waals surface area contributed by atoms with Crippen LogP contribution in [0.5, 0.6) is 5.75 Å². The molecule has 3 rings (SSSR count). The van der Waals surface area contributed by atoms with Crippen LogP contribution in [0.25, 0.3) is 11.3 Å². The number of benzene rings is 1. The van der Waals surface area contributed by atoms with E-state index in [0.717, 1.165) is 6.07 Å². The fraction of sp³-hybridized carbons (Fsp3) is 0.450. The van der Waals surface area contributed by atoms with E-state index in [1.165, 1.54) is 18.2 Å². The molecule has 1 heterocycles. The molecule has 1 aromatic heterocycles. The number of carbonyl (C=O) groups excluding carboxylic acids is 1. The average Bonchev–Trinajstić information content (AvgIpc) is 2.66. The van der Waals surface area contributed by atoms with E-state index in [4.69, 9.17) is 9.47 Å². The van der Waals surface area contributed by atoms with Crippen molar-refractivity contribution in [2.24, 2.45) is 0 Å². The molecule has 1 fully saturated rings. The number of carbonyl (C=O) groups is 1. The zero-order valence-corrected chi connectivity index (χ0v) is 16.5. The van der Waals surface area contributed by atoms with E-state index in [9.17, 15) is 23.1 Å². The summed E-state index contributed by atoms with van der Waals surface area (Å²) in [4.78, 5) is 11.1. The molecular formula is C20H22F3N3O4. The minimum Gasteiger partial charge on any atom is -0.467 e. The zero-order valence-electron chi connectivity index (χ0n) is 16.5. The van der Waals surface area contributed by atoms with Crippen LogP contribution in [0.4, 0.5) is 19.0 Å². The number of hydrogen-bond donors (Lipinski definition) is 2. The third-order valence-electron chi connectivity index (χ3n) is 4.72. The van der Waals surface area contributed by atoms with Crippen molar-refractivity contribution in [3.63, 3.8) is 0 Å². The Labute approximate surface area is 171 Å². The van der Waals surface area contributed by atoms with Crippen molar-refractivity contribution in [3.05, 3.63) is 35.4 Å². The summed E-state index contributed by atoms with van der Waals surface area (Å²) in [6, 6.07) is 4.74. The molecule has 0 amide bonds. The lowest BCUT2D eigenvalue weighted by Crippen LogP contribution is -2.48. The van der Waals surface area contributed by atoms with Crippen LogP contribution in [0.15, 0.2) is 24.3 Å². The van der Waals surface area contributed by atoms with Crippen molar-refractivity contribution >= 4 is 12.1 Å². The Kier molecular flexibility index (Phi) is 6.27. The maximum Gasteiger partial charge on any atom is 0.418 e.